The van der Waals surface area contributed by atoms with Gasteiger partial charge >= 0.3 is 0 Å². The highest BCUT2D eigenvalue weighted by molar-refractivity contribution is 7.92. The Morgan fingerprint density at radius 1 is 0.867 bits per heavy atom. The molecule has 0 aliphatic heterocycles. The smallest absolute Gasteiger partial charge is 0.262 e. The number of rotatable bonds is 7. The molecule has 0 aromatic heterocycles. The second-order valence-corrected chi connectivity index (χ2v) is 8.58. The lowest BCUT2D eigenvalue weighted by molar-refractivity contribution is 0.406. The Hall–Kier alpha value is -3.10. The van der Waals surface area contributed by atoms with Gasteiger partial charge in [0.25, 0.3) is 10.0 Å². The lowest BCUT2D eigenvalue weighted by Crippen LogP contribution is -2.15. The molecule has 0 fully saturated rings. The van der Waals surface area contributed by atoms with Crippen LogP contribution in [0.25, 0.3) is 0 Å². The third-order valence-electron chi connectivity index (χ3n) is 4.38. The van der Waals surface area contributed by atoms with Gasteiger partial charge in [-0.1, -0.05) is 60.2 Å². The number of hydrogen-bond donors (Lipinski definition) is 2. The first-order valence-electron chi connectivity index (χ1n) is 9.06. The molecule has 156 valence electrons. The number of thiocarbonyl (C=S) groups is 1. The van der Waals surface area contributed by atoms with Crippen LogP contribution < -0.4 is 19.5 Å². The fraction of sp³-hybridized carbons (Fsp3) is 0.136. The van der Waals surface area contributed by atoms with Crippen molar-refractivity contribution in [1.29, 1.82) is 0 Å². The summed E-state index contributed by atoms with van der Waals surface area (Å²) in [6, 6.07) is 19.3. The van der Waals surface area contributed by atoms with Gasteiger partial charge in [-0.3, -0.25) is 4.72 Å². The van der Waals surface area contributed by atoms with Crippen LogP contribution in [0.2, 0.25) is 0 Å². The predicted molar refractivity (Wildman–Crippen MR) is 123 cm³/mol. The van der Waals surface area contributed by atoms with Gasteiger partial charge in [-0.2, -0.15) is 0 Å². The molecule has 0 aliphatic rings. The largest absolute Gasteiger partial charge is 0.494 e. The van der Waals surface area contributed by atoms with E-state index in [4.69, 9.17) is 21.7 Å². The van der Waals surface area contributed by atoms with Gasteiger partial charge in [-0.25, -0.2) is 8.42 Å². The molecular weight excluding hydrogens is 420 g/mol. The molecule has 3 aromatic carbocycles. The Balaban J connectivity index is 1.93. The molecule has 0 radical (unpaired) electrons. The molecule has 0 saturated heterocycles. The van der Waals surface area contributed by atoms with Crippen LogP contribution in [0, 0.1) is 6.92 Å². The number of anilines is 2. The van der Waals surface area contributed by atoms with Crippen molar-refractivity contribution in [2.75, 3.05) is 24.3 Å². The van der Waals surface area contributed by atoms with Gasteiger partial charge in [0.15, 0.2) is 0 Å². The molecule has 3 rings (SSSR count). The fourth-order valence-electron chi connectivity index (χ4n) is 2.78. The van der Waals surface area contributed by atoms with Crippen LogP contribution in [-0.4, -0.2) is 27.6 Å². The topological polar surface area (TPSA) is 76.7 Å². The van der Waals surface area contributed by atoms with Gasteiger partial charge in [-0.15, -0.1) is 0 Å². The molecule has 0 amide bonds. The minimum Gasteiger partial charge on any atom is -0.494 e. The van der Waals surface area contributed by atoms with Gasteiger partial charge in [0.1, 0.15) is 16.5 Å². The molecule has 8 heteroatoms. The zero-order valence-corrected chi connectivity index (χ0v) is 18.4. The van der Waals surface area contributed by atoms with E-state index in [0.717, 1.165) is 11.1 Å². The highest BCUT2D eigenvalue weighted by Crippen LogP contribution is 2.37. The van der Waals surface area contributed by atoms with Gasteiger partial charge < -0.3 is 14.8 Å². The summed E-state index contributed by atoms with van der Waals surface area (Å²) in [7, 11) is -0.838. The summed E-state index contributed by atoms with van der Waals surface area (Å²) in [5.74, 6) is 0.737. The summed E-state index contributed by atoms with van der Waals surface area (Å²) in [6.45, 7) is 1.89. The van der Waals surface area contributed by atoms with Crippen LogP contribution in [0.1, 0.15) is 11.1 Å². The van der Waals surface area contributed by atoms with Gasteiger partial charge in [0.05, 0.1) is 30.5 Å². The zero-order chi connectivity index (χ0) is 21.7. The maximum Gasteiger partial charge on any atom is 0.262 e. The Morgan fingerprint density at radius 2 is 1.43 bits per heavy atom. The van der Waals surface area contributed by atoms with Gasteiger partial charge in [-0.05, 0) is 19.1 Å². The van der Waals surface area contributed by atoms with E-state index in [2.05, 4.69) is 10.0 Å². The van der Waals surface area contributed by atoms with E-state index in [1.807, 2.05) is 37.3 Å². The van der Waals surface area contributed by atoms with Crippen molar-refractivity contribution in [2.24, 2.45) is 0 Å². The summed E-state index contributed by atoms with van der Waals surface area (Å²) in [6.07, 6.45) is 0. The number of hydrogen-bond acceptors (Lipinski definition) is 5. The van der Waals surface area contributed by atoms with Crippen molar-refractivity contribution in [1.82, 2.24) is 0 Å². The highest BCUT2D eigenvalue weighted by Gasteiger charge is 2.19. The molecule has 0 heterocycles. The quantitative estimate of drug-likeness (QED) is 0.521. The monoisotopic (exact) mass is 442 g/mol. The number of ether oxygens (including phenoxy) is 2. The molecule has 0 saturated carbocycles. The Morgan fingerprint density at radius 3 is 2.03 bits per heavy atom. The normalized spacial score (nSPS) is 10.9. The Labute approximate surface area is 181 Å². The van der Waals surface area contributed by atoms with Gasteiger partial charge in [0, 0.05) is 17.7 Å². The average molecular weight is 443 g/mol. The molecule has 0 spiro atoms. The third-order valence-corrected chi connectivity index (χ3v) is 6.10. The minimum atomic E-state index is -3.80. The van der Waals surface area contributed by atoms with Crippen molar-refractivity contribution in [2.45, 2.75) is 11.8 Å². The molecular formula is C22H22N2O4S2. The van der Waals surface area contributed by atoms with E-state index >= 15 is 0 Å². The first kappa shape index (κ1) is 21.6. The molecule has 2 N–H and O–H groups in total. The maximum atomic E-state index is 12.8. The van der Waals surface area contributed by atoms with E-state index in [9.17, 15) is 8.42 Å². The molecule has 0 bridgehead atoms. The molecule has 30 heavy (non-hydrogen) atoms. The molecule has 0 atom stereocenters. The summed E-state index contributed by atoms with van der Waals surface area (Å²) in [5.41, 5.74) is 2.63. The molecule has 0 unspecified atom stereocenters. The second-order valence-electron chi connectivity index (χ2n) is 6.49. The molecule has 3 aromatic rings. The summed E-state index contributed by atoms with van der Waals surface area (Å²) in [4.78, 5) is 0.658. The number of benzene rings is 3. The van der Waals surface area contributed by atoms with Crippen LogP contribution in [0.3, 0.4) is 0 Å². The zero-order valence-electron chi connectivity index (χ0n) is 16.8. The summed E-state index contributed by atoms with van der Waals surface area (Å²) < 4.78 is 39.0. The lowest BCUT2D eigenvalue weighted by Gasteiger charge is -2.17. The second kappa shape index (κ2) is 9.15. The van der Waals surface area contributed by atoms with Crippen molar-refractivity contribution >= 4 is 38.6 Å². The minimum absolute atomic E-state index is 0.154. The van der Waals surface area contributed by atoms with Crippen LogP contribution in [0.5, 0.6) is 11.5 Å². The first-order chi connectivity index (χ1) is 14.3. The lowest BCUT2D eigenvalue weighted by atomic mass is 10.2. The summed E-state index contributed by atoms with van der Waals surface area (Å²) >= 11 is 5.47. The van der Waals surface area contributed by atoms with E-state index in [0.29, 0.717) is 22.2 Å². The predicted octanol–water partition coefficient (Wildman–Crippen LogP) is 4.60. The van der Waals surface area contributed by atoms with Crippen molar-refractivity contribution in [3.8, 4) is 11.5 Å². The van der Waals surface area contributed by atoms with Gasteiger partial charge in [0.2, 0.25) is 0 Å². The average Bonchev–Trinajstić information content (AvgIpc) is 2.75. The fourth-order valence-corrected chi connectivity index (χ4v) is 4.09. The number of nitrogens with one attached hydrogen (secondary N) is 2. The SMILES string of the molecule is COc1cc(NS(=O)(=O)c2ccc(C)cc2)c(OC)cc1NC(=S)c1ccccc1. The number of aryl methyl sites for hydroxylation is 1. The summed E-state index contributed by atoms with van der Waals surface area (Å²) in [5, 5.41) is 3.13. The Kier molecular flexibility index (Phi) is 6.59. The van der Waals surface area contributed by atoms with E-state index in [1.54, 1.807) is 36.4 Å². The Bertz CT molecular complexity index is 1150. The van der Waals surface area contributed by atoms with Crippen LogP contribution in [0.15, 0.2) is 71.6 Å². The van der Waals surface area contributed by atoms with Crippen molar-refractivity contribution in [3.63, 3.8) is 0 Å². The van der Waals surface area contributed by atoms with Crippen LogP contribution in [0.4, 0.5) is 11.4 Å². The molecule has 0 aliphatic carbocycles. The van der Waals surface area contributed by atoms with Crippen molar-refractivity contribution in [3.05, 3.63) is 77.9 Å². The number of methoxy groups -OCH3 is 2. The maximum absolute atomic E-state index is 12.8. The number of sulfonamides is 1. The van der Waals surface area contributed by atoms with E-state index in [1.165, 1.54) is 14.2 Å². The molecule has 6 nitrogen and oxygen atoms in total. The van der Waals surface area contributed by atoms with Crippen molar-refractivity contribution < 1.29 is 17.9 Å². The standard InChI is InChI=1S/C22H22N2O4S2/c1-15-9-11-17(12-10-15)30(25,26)24-19-14-20(27-2)18(13-21(19)28-3)23-22(29)16-7-5-4-6-8-16/h4-14,24H,1-3H3,(H,23,29). The van der Waals surface area contributed by atoms with E-state index < -0.39 is 10.0 Å². The first-order valence-corrected chi connectivity index (χ1v) is 10.9. The van der Waals surface area contributed by atoms with Crippen LogP contribution >= 0.6 is 12.2 Å². The third kappa shape index (κ3) is 4.90. The van der Waals surface area contributed by atoms with Crippen LogP contribution in [-0.2, 0) is 10.0 Å². The van der Waals surface area contributed by atoms with E-state index in [-0.39, 0.29) is 10.6 Å². The highest BCUT2D eigenvalue weighted by atomic mass is 32.2.